The quantitative estimate of drug-likeness (QED) is 0.202. The van der Waals surface area contributed by atoms with Crippen LogP contribution in [0.4, 0.5) is 5.69 Å². The molecule has 0 saturated heterocycles. The molecule has 1 fully saturated rings. The highest BCUT2D eigenvalue weighted by atomic mass is 35.5. The number of rotatable bonds is 5. The Morgan fingerprint density at radius 1 is 1.16 bits per heavy atom. The summed E-state index contributed by atoms with van der Waals surface area (Å²) in [5.74, 6) is -8.56. The Kier molecular flexibility index (Phi) is 6.38. The molecule has 1 aromatic carbocycles. The first-order valence-corrected chi connectivity index (χ1v) is 12.0. The molecule has 11 nitrogen and oxygen atoms in total. The van der Waals surface area contributed by atoms with Crippen LogP contribution in [-0.2, 0) is 20.8 Å². The van der Waals surface area contributed by atoms with Crippen molar-refractivity contribution < 1.29 is 39.6 Å². The molecule has 6 N–H and O–H groups in total. The number of nitrogens with two attached hydrogens (primary N) is 1. The first-order chi connectivity index (χ1) is 17.2. The van der Waals surface area contributed by atoms with Crippen molar-refractivity contribution in [1.29, 1.82) is 0 Å². The van der Waals surface area contributed by atoms with Gasteiger partial charge in [0.05, 0.1) is 23.0 Å². The maximum absolute atomic E-state index is 13.9. The number of hydrogen-bond donors (Lipinski definition) is 5. The number of nitrogens with zero attached hydrogens (tertiary/aromatic N) is 2. The molecule has 0 aliphatic heterocycles. The van der Waals surface area contributed by atoms with Gasteiger partial charge in [0.25, 0.3) is 5.91 Å². The van der Waals surface area contributed by atoms with Crippen LogP contribution in [0.2, 0.25) is 0 Å². The molecule has 1 saturated carbocycles. The third-order valence-electron chi connectivity index (χ3n) is 7.60. The van der Waals surface area contributed by atoms with Gasteiger partial charge in [-0.3, -0.25) is 24.1 Å². The van der Waals surface area contributed by atoms with E-state index in [-0.39, 0.29) is 29.5 Å². The molecule has 0 unspecified atom stereocenters. The molecular formula is C25H28ClN3O8. The minimum Gasteiger partial charge on any atom is -0.508 e. The number of likely N-dealkylation sites (N-methyl/N-ethyl adjacent to an activating group) is 1. The summed E-state index contributed by atoms with van der Waals surface area (Å²) in [4.78, 5) is 54.6. The van der Waals surface area contributed by atoms with Gasteiger partial charge in [-0.05, 0) is 44.5 Å². The summed E-state index contributed by atoms with van der Waals surface area (Å²) in [7, 11) is 6.48. The van der Waals surface area contributed by atoms with Gasteiger partial charge >= 0.3 is 0 Å². The number of primary amides is 1. The largest absolute Gasteiger partial charge is 0.508 e. The lowest BCUT2D eigenvalue weighted by atomic mass is 9.57. The number of anilines is 1. The van der Waals surface area contributed by atoms with Gasteiger partial charge in [0.2, 0.25) is 5.78 Å². The number of ketones is 3. The Morgan fingerprint density at radius 2 is 1.78 bits per heavy atom. The van der Waals surface area contributed by atoms with Gasteiger partial charge in [0, 0.05) is 31.3 Å². The molecule has 1 aromatic rings. The second-order valence-electron chi connectivity index (χ2n) is 10.1. The summed E-state index contributed by atoms with van der Waals surface area (Å²) in [6.07, 6.45) is 0.0900. The zero-order valence-corrected chi connectivity index (χ0v) is 21.5. The van der Waals surface area contributed by atoms with Crippen LogP contribution in [0.3, 0.4) is 0 Å². The monoisotopic (exact) mass is 533 g/mol. The number of amides is 1. The van der Waals surface area contributed by atoms with Gasteiger partial charge in [-0.15, -0.1) is 11.6 Å². The Balaban J connectivity index is 2.02. The summed E-state index contributed by atoms with van der Waals surface area (Å²) >= 11 is 5.71. The van der Waals surface area contributed by atoms with Crippen LogP contribution in [0.15, 0.2) is 23.0 Å². The number of benzene rings is 1. The van der Waals surface area contributed by atoms with Crippen LogP contribution in [0.25, 0.3) is 5.76 Å². The number of alkyl halides is 1. The number of aliphatic hydroxyl groups excluding tert-OH is 2. The van der Waals surface area contributed by atoms with Crippen molar-refractivity contribution >= 4 is 46.3 Å². The van der Waals surface area contributed by atoms with Crippen LogP contribution >= 0.6 is 11.6 Å². The van der Waals surface area contributed by atoms with E-state index in [9.17, 15) is 39.6 Å². The number of halogens is 1. The third-order valence-corrected chi connectivity index (χ3v) is 7.84. The normalized spacial score (nSPS) is 27.2. The zero-order chi connectivity index (χ0) is 27.7. The molecule has 1 amide bonds. The number of fused-ring (bicyclic) bond motifs is 3. The van der Waals surface area contributed by atoms with Gasteiger partial charge in [-0.2, -0.15) is 0 Å². The number of hydrogen-bond acceptors (Lipinski definition) is 10. The van der Waals surface area contributed by atoms with Gasteiger partial charge in [-0.1, -0.05) is 0 Å². The van der Waals surface area contributed by atoms with Crippen LogP contribution in [0.5, 0.6) is 5.75 Å². The summed E-state index contributed by atoms with van der Waals surface area (Å²) in [6, 6.07) is 0.293. The molecule has 3 aliphatic rings. The zero-order valence-electron chi connectivity index (χ0n) is 20.7. The van der Waals surface area contributed by atoms with E-state index in [0.29, 0.717) is 11.3 Å². The number of phenols is 1. The first-order valence-electron chi connectivity index (χ1n) is 11.5. The van der Waals surface area contributed by atoms with Crippen molar-refractivity contribution in [2.24, 2.45) is 17.6 Å². The summed E-state index contributed by atoms with van der Waals surface area (Å²) in [6.45, 7) is 0. The lowest BCUT2D eigenvalue weighted by molar-refractivity contribution is -0.153. The van der Waals surface area contributed by atoms with Crippen LogP contribution < -0.4 is 10.6 Å². The van der Waals surface area contributed by atoms with E-state index in [0.717, 1.165) is 0 Å². The van der Waals surface area contributed by atoms with E-state index in [1.807, 2.05) is 0 Å². The number of phenolic OH excluding ortho intramolecular Hbond substituents is 1. The SMILES string of the molecule is CN(C)c1cc(C(=O)CCl)c(O)c2c1C[C@H]1C[C@H]3[C@H](N(C)C)C(=O)C(C(N)=O)=C(O)[C@@]3(O)C(=O)C1=C2O. The van der Waals surface area contributed by atoms with Crippen LogP contribution in [0.1, 0.15) is 27.9 Å². The number of carbonyl (C=O) groups is 4. The third kappa shape index (κ3) is 3.56. The van der Waals surface area contributed by atoms with Crippen LogP contribution in [-0.4, -0.2) is 94.3 Å². The predicted molar refractivity (Wildman–Crippen MR) is 134 cm³/mol. The van der Waals surface area contributed by atoms with Crippen LogP contribution in [0, 0.1) is 11.8 Å². The lowest BCUT2D eigenvalue weighted by Gasteiger charge is -2.50. The lowest BCUT2D eigenvalue weighted by Crippen LogP contribution is -2.65. The highest BCUT2D eigenvalue weighted by Gasteiger charge is 2.64. The Hall–Kier alpha value is -3.41. The molecule has 4 atom stereocenters. The molecule has 37 heavy (non-hydrogen) atoms. The second-order valence-corrected chi connectivity index (χ2v) is 10.3. The van der Waals surface area contributed by atoms with E-state index in [4.69, 9.17) is 17.3 Å². The molecule has 0 radical (unpaired) electrons. The minimum atomic E-state index is -2.73. The summed E-state index contributed by atoms with van der Waals surface area (Å²) < 4.78 is 0. The predicted octanol–water partition coefficient (Wildman–Crippen LogP) is 0.452. The minimum absolute atomic E-state index is 0.0260. The summed E-state index contributed by atoms with van der Waals surface area (Å²) in [5, 5.41) is 44.8. The maximum Gasteiger partial charge on any atom is 0.255 e. The van der Waals surface area contributed by atoms with E-state index in [1.54, 1.807) is 19.0 Å². The molecule has 0 bridgehead atoms. The van der Waals surface area contributed by atoms with E-state index < -0.39 is 75.5 Å². The van der Waals surface area contributed by atoms with Crippen molar-refractivity contribution in [3.05, 3.63) is 39.7 Å². The number of carbonyl (C=O) groups excluding carboxylic acids is 4. The van der Waals surface area contributed by atoms with E-state index in [2.05, 4.69) is 0 Å². The molecule has 12 heteroatoms. The van der Waals surface area contributed by atoms with E-state index in [1.165, 1.54) is 25.1 Å². The van der Waals surface area contributed by atoms with Gasteiger partial charge < -0.3 is 31.1 Å². The standard InChI is InChI=1S/C25H28ClN3O8/c1-28(2)13-7-11(14(30)8-26)19(31)16-10(13)5-9-6-12-18(29(3)4)21(33)17(24(27)36)23(35)25(12,37)22(34)15(9)20(16)32/h7,9,12,18,31-32,35,37H,5-6,8H2,1-4H3,(H2,27,36)/t9-,12-,18-,25-/m0/s1. The highest BCUT2D eigenvalue weighted by Crippen LogP contribution is 2.54. The molecule has 0 aromatic heterocycles. The first kappa shape index (κ1) is 26.6. The van der Waals surface area contributed by atoms with Crippen molar-refractivity contribution in [3.63, 3.8) is 0 Å². The average molecular weight is 534 g/mol. The molecule has 0 heterocycles. The molecule has 4 rings (SSSR count). The van der Waals surface area contributed by atoms with Gasteiger partial charge in [0.15, 0.2) is 17.2 Å². The fraction of sp³-hybridized carbons (Fsp3) is 0.440. The Morgan fingerprint density at radius 3 is 2.30 bits per heavy atom. The fourth-order valence-corrected chi connectivity index (χ4v) is 6.12. The molecule has 0 spiro atoms. The number of aromatic hydroxyl groups is 1. The summed E-state index contributed by atoms with van der Waals surface area (Å²) in [5.41, 5.74) is 2.07. The average Bonchev–Trinajstić information content (AvgIpc) is 2.80. The second kappa shape index (κ2) is 8.86. The van der Waals surface area contributed by atoms with Gasteiger partial charge in [0.1, 0.15) is 22.8 Å². The van der Waals surface area contributed by atoms with Crippen molar-refractivity contribution in [2.75, 3.05) is 39.0 Å². The van der Waals surface area contributed by atoms with Gasteiger partial charge in [-0.25, -0.2) is 0 Å². The molecule has 198 valence electrons. The van der Waals surface area contributed by atoms with Crippen molar-refractivity contribution in [2.45, 2.75) is 24.5 Å². The molecular weight excluding hydrogens is 506 g/mol. The molecule has 3 aliphatic carbocycles. The topological polar surface area (TPSA) is 182 Å². The number of aliphatic hydroxyl groups is 3. The Bertz CT molecular complexity index is 1330. The smallest absolute Gasteiger partial charge is 0.255 e. The Labute approximate surface area is 217 Å². The van der Waals surface area contributed by atoms with Crippen molar-refractivity contribution in [1.82, 2.24) is 4.90 Å². The van der Waals surface area contributed by atoms with E-state index >= 15 is 0 Å². The fourth-order valence-electron chi connectivity index (χ4n) is 5.98. The number of Topliss-reactive ketones (excluding diaryl/α,β-unsaturated/α-hetero) is 3. The van der Waals surface area contributed by atoms with Crippen molar-refractivity contribution in [3.8, 4) is 5.75 Å². The highest BCUT2D eigenvalue weighted by molar-refractivity contribution is 6.31. The maximum atomic E-state index is 13.9.